The molecule has 150 valence electrons. The first kappa shape index (κ1) is 20.8. The van der Waals surface area contributed by atoms with Crippen molar-refractivity contribution in [3.8, 4) is 11.5 Å². The number of carbonyl (C=O) groups excluding carboxylic acids is 2. The minimum atomic E-state index is -0.253. The number of anilines is 2. The van der Waals surface area contributed by atoms with Crippen LogP contribution in [0.5, 0.6) is 11.5 Å². The van der Waals surface area contributed by atoms with Crippen molar-refractivity contribution in [1.82, 2.24) is 5.16 Å². The normalized spacial score (nSPS) is 10.4. The number of aromatic nitrogens is 1. The molecule has 0 fully saturated rings. The van der Waals surface area contributed by atoms with Gasteiger partial charge in [0.2, 0.25) is 11.8 Å². The maximum atomic E-state index is 12.0. The Bertz CT molecular complexity index is 991. The topological polar surface area (TPSA) is 93.5 Å². The molecule has 0 atom stereocenters. The second kappa shape index (κ2) is 9.99. The number of ether oxygens (including phenoxy) is 1. The van der Waals surface area contributed by atoms with Crippen LogP contribution in [0, 0.1) is 6.92 Å². The summed E-state index contributed by atoms with van der Waals surface area (Å²) in [6, 6.07) is 15.7. The molecule has 0 saturated heterocycles. The van der Waals surface area contributed by atoms with E-state index < -0.39 is 0 Å². The van der Waals surface area contributed by atoms with Gasteiger partial charge in [-0.05, 0) is 43.3 Å². The van der Waals surface area contributed by atoms with Crippen molar-refractivity contribution < 1.29 is 18.8 Å². The van der Waals surface area contributed by atoms with Crippen LogP contribution < -0.4 is 15.4 Å². The van der Waals surface area contributed by atoms with Crippen molar-refractivity contribution in [2.45, 2.75) is 6.92 Å². The van der Waals surface area contributed by atoms with Gasteiger partial charge in [-0.25, -0.2) is 0 Å². The Morgan fingerprint density at radius 2 is 1.76 bits per heavy atom. The lowest BCUT2D eigenvalue weighted by molar-refractivity contribution is -0.114. The molecule has 1 aromatic heterocycles. The number of amides is 2. The largest absolute Gasteiger partial charge is 0.456 e. The smallest absolute Gasteiger partial charge is 0.235 e. The van der Waals surface area contributed by atoms with E-state index in [4.69, 9.17) is 20.9 Å². The molecule has 3 rings (SSSR count). The highest BCUT2D eigenvalue weighted by Gasteiger charge is 2.09. The van der Waals surface area contributed by atoms with E-state index in [1.807, 2.05) is 12.1 Å². The van der Waals surface area contributed by atoms with Crippen molar-refractivity contribution in [3.63, 3.8) is 0 Å². The molecule has 2 N–H and O–H groups in total. The van der Waals surface area contributed by atoms with E-state index in [1.165, 1.54) is 11.8 Å². The SMILES string of the molecule is Cc1cc(NC(=O)CSCC(=O)Nc2ccc(Oc3ccccc3Cl)cc2)no1. The van der Waals surface area contributed by atoms with Gasteiger partial charge in [-0.1, -0.05) is 28.9 Å². The highest BCUT2D eigenvalue weighted by atomic mass is 35.5. The number of thioether (sulfide) groups is 1. The average Bonchev–Trinajstić information content (AvgIpc) is 3.09. The lowest BCUT2D eigenvalue weighted by atomic mass is 10.3. The summed E-state index contributed by atoms with van der Waals surface area (Å²) >= 11 is 7.27. The monoisotopic (exact) mass is 431 g/mol. The fourth-order valence-electron chi connectivity index (χ4n) is 2.30. The van der Waals surface area contributed by atoms with E-state index in [2.05, 4.69) is 15.8 Å². The van der Waals surface area contributed by atoms with Gasteiger partial charge in [-0.2, -0.15) is 0 Å². The molecule has 0 aliphatic rings. The third kappa shape index (κ3) is 6.55. The van der Waals surface area contributed by atoms with Crippen molar-refractivity contribution in [1.29, 1.82) is 0 Å². The summed E-state index contributed by atoms with van der Waals surface area (Å²) in [5.74, 6) is 1.93. The molecule has 1 heterocycles. The number of carbonyl (C=O) groups is 2. The summed E-state index contributed by atoms with van der Waals surface area (Å²) in [5.41, 5.74) is 0.629. The third-order valence-electron chi connectivity index (χ3n) is 3.56. The number of nitrogens with one attached hydrogen (secondary N) is 2. The first-order chi connectivity index (χ1) is 14.0. The predicted molar refractivity (Wildman–Crippen MR) is 114 cm³/mol. The summed E-state index contributed by atoms with van der Waals surface area (Å²) in [4.78, 5) is 23.8. The molecular weight excluding hydrogens is 414 g/mol. The lowest BCUT2D eigenvalue weighted by Gasteiger charge is -2.09. The Morgan fingerprint density at radius 1 is 1.07 bits per heavy atom. The zero-order chi connectivity index (χ0) is 20.6. The minimum Gasteiger partial charge on any atom is -0.456 e. The number of hydrogen-bond acceptors (Lipinski definition) is 6. The first-order valence-corrected chi connectivity index (χ1v) is 10.2. The summed E-state index contributed by atoms with van der Waals surface area (Å²) < 4.78 is 10.6. The summed E-state index contributed by atoms with van der Waals surface area (Å²) in [5, 5.41) is 9.57. The fraction of sp³-hybridized carbons (Fsp3) is 0.150. The second-order valence-corrected chi connectivity index (χ2v) is 7.36. The molecule has 2 amide bonds. The third-order valence-corrected chi connectivity index (χ3v) is 4.81. The van der Waals surface area contributed by atoms with Crippen LogP contribution in [0.3, 0.4) is 0 Å². The Hall–Kier alpha value is -2.97. The minimum absolute atomic E-state index is 0.129. The molecule has 0 spiro atoms. The zero-order valence-electron chi connectivity index (χ0n) is 15.5. The van der Waals surface area contributed by atoms with E-state index in [-0.39, 0.29) is 23.3 Å². The average molecular weight is 432 g/mol. The predicted octanol–water partition coefficient (Wildman–Crippen LogP) is 4.74. The van der Waals surface area contributed by atoms with Gasteiger partial charge in [-0.15, -0.1) is 11.8 Å². The number of benzene rings is 2. The van der Waals surface area contributed by atoms with E-state index in [0.717, 1.165) is 0 Å². The molecule has 7 nitrogen and oxygen atoms in total. The van der Waals surface area contributed by atoms with Crippen LogP contribution in [-0.4, -0.2) is 28.5 Å². The summed E-state index contributed by atoms with van der Waals surface area (Å²) in [6.07, 6.45) is 0. The van der Waals surface area contributed by atoms with Gasteiger partial charge in [0, 0.05) is 11.8 Å². The maximum Gasteiger partial charge on any atom is 0.235 e. The van der Waals surface area contributed by atoms with Gasteiger partial charge in [0.1, 0.15) is 17.3 Å². The number of hydrogen-bond donors (Lipinski definition) is 2. The van der Waals surface area contributed by atoms with Gasteiger partial charge >= 0.3 is 0 Å². The standard InChI is InChI=1S/C20H18ClN3O4S/c1-13-10-18(24-28-13)23-20(26)12-29-11-19(25)22-14-6-8-15(9-7-14)27-17-5-3-2-4-16(17)21/h2-10H,11-12H2,1H3,(H,22,25)(H,23,24,26). The van der Waals surface area contributed by atoms with Gasteiger partial charge in [0.25, 0.3) is 0 Å². The number of nitrogens with zero attached hydrogens (tertiary/aromatic N) is 1. The van der Waals surface area contributed by atoms with Crippen molar-refractivity contribution in [3.05, 3.63) is 65.4 Å². The Morgan fingerprint density at radius 3 is 2.41 bits per heavy atom. The maximum absolute atomic E-state index is 12.0. The van der Waals surface area contributed by atoms with Crippen LogP contribution in [0.2, 0.25) is 5.02 Å². The van der Waals surface area contributed by atoms with Gasteiger partial charge in [0.05, 0.1) is 16.5 Å². The Labute approximate surface area is 176 Å². The second-order valence-electron chi connectivity index (χ2n) is 5.97. The van der Waals surface area contributed by atoms with Crippen LogP contribution in [0.1, 0.15) is 5.76 Å². The highest BCUT2D eigenvalue weighted by Crippen LogP contribution is 2.29. The molecule has 0 bridgehead atoms. The first-order valence-electron chi connectivity index (χ1n) is 8.63. The molecular formula is C20H18ClN3O4S. The van der Waals surface area contributed by atoms with Crippen molar-refractivity contribution >= 4 is 46.7 Å². The molecule has 0 radical (unpaired) electrons. The highest BCUT2D eigenvalue weighted by molar-refractivity contribution is 8.00. The number of aryl methyl sites for hydroxylation is 1. The Kier molecular flexibility index (Phi) is 7.15. The van der Waals surface area contributed by atoms with Gasteiger partial charge in [0.15, 0.2) is 5.82 Å². The van der Waals surface area contributed by atoms with E-state index in [0.29, 0.717) is 33.8 Å². The number of rotatable bonds is 8. The molecule has 0 saturated carbocycles. The van der Waals surface area contributed by atoms with Crippen LogP contribution in [0.25, 0.3) is 0 Å². The van der Waals surface area contributed by atoms with Crippen LogP contribution in [0.4, 0.5) is 11.5 Å². The van der Waals surface area contributed by atoms with E-state index in [1.54, 1.807) is 49.4 Å². The van der Waals surface area contributed by atoms with E-state index >= 15 is 0 Å². The number of halogens is 1. The molecule has 0 unspecified atom stereocenters. The van der Waals surface area contributed by atoms with Gasteiger partial charge < -0.3 is 19.9 Å². The summed E-state index contributed by atoms with van der Waals surface area (Å²) in [7, 11) is 0. The fourth-order valence-corrected chi connectivity index (χ4v) is 3.09. The number of para-hydroxylation sites is 1. The van der Waals surface area contributed by atoms with Crippen molar-refractivity contribution in [2.75, 3.05) is 22.1 Å². The van der Waals surface area contributed by atoms with E-state index in [9.17, 15) is 9.59 Å². The van der Waals surface area contributed by atoms with Crippen LogP contribution in [-0.2, 0) is 9.59 Å². The molecule has 0 aliphatic heterocycles. The quantitative estimate of drug-likeness (QED) is 0.535. The molecule has 29 heavy (non-hydrogen) atoms. The lowest BCUT2D eigenvalue weighted by Crippen LogP contribution is -2.18. The summed E-state index contributed by atoms with van der Waals surface area (Å²) in [6.45, 7) is 1.73. The van der Waals surface area contributed by atoms with Crippen LogP contribution >= 0.6 is 23.4 Å². The van der Waals surface area contributed by atoms with Gasteiger partial charge in [-0.3, -0.25) is 9.59 Å². The molecule has 3 aromatic rings. The van der Waals surface area contributed by atoms with Crippen LogP contribution in [0.15, 0.2) is 59.1 Å². The Balaban J connectivity index is 1.41. The molecule has 0 aliphatic carbocycles. The molecule has 9 heteroatoms. The zero-order valence-corrected chi connectivity index (χ0v) is 17.0. The van der Waals surface area contributed by atoms with Crippen molar-refractivity contribution in [2.24, 2.45) is 0 Å². The molecule has 2 aromatic carbocycles.